The summed E-state index contributed by atoms with van der Waals surface area (Å²) in [7, 11) is 4.54. The number of nitrogens with zero attached hydrogens (tertiary/aromatic N) is 3. The summed E-state index contributed by atoms with van der Waals surface area (Å²) in [4.78, 5) is 24.3. The average molecular weight is 464 g/mol. The molecule has 34 heavy (non-hydrogen) atoms. The lowest BCUT2D eigenvalue weighted by Gasteiger charge is -2.17. The molecule has 0 radical (unpaired) electrons. The largest absolute Gasteiger partial charge is 0.493 e. The molecule has 1 amide bonds. The molecule has 2 aromatic carbocycles. The number of hydrogen-bond donors (Lipinski definition) is 2. The van der Waals surface area contributed by atoms with Gasteiger partial charge in [0.05, 0.1) is 21.3 Å². The van der Waals surface area contributed by atoms with Crippen molar-refractivity contribution in [3.05, 3.63) is 53.7 Å². The lowest BCUT2D eigenvalue weighted by atomic mass is 10.1. The average Bonchev–Trinajstić information content (AvgIpc) is 3.39. The summed E-state index contributed by atoms with van der Waals surface area (Å²) in [6, 6.07) is 12.6. The summed E-state index contributed by atoms with van der Waals surface area (Å²) in [6.07, 6.45) is 2.34. The maximum Gasteiger partial charge on any atom is 0.255 e. The maximum absolute atomic E-state index is 12.8. The summed E-state index contributed by atoms with van der Waals surface area (Å²) in [6.45, 7) is 3.95. The van der Waals surface area contributed by atoms with Gasteiger partial charge in [0.1, 0.15) is 5.82 Å². The van der Waals surface area contributed by atoms with Crippen LogP contribution in [-0.4, -0.2) is 50.3 Å². The van der Waals surface area contributed by atoms with Gasteiger partial charge < -0.3 is 29.7 Å². The topological polar surface area (TPSA) is 97.8 Å². The Bertz CT molecular complexity index is 1140. The second-order valence-corrected chi connectivity index (χ2v) is 7.96. The minimum atomic E-state index is -0.290. The number of anilines is 4. The third-order valence-electron chi connectivity index (χ3n) is 5.57. The van der Waals surface area contributed by atoms with Gasteiger partial charge >= 0.3 is 0 Å². The van der Waals surface area contributed by atoms with Gasteiger partial charge in [-0.3, -0.25) is 4.79 Å². The van der Waals surface area contributed by atoms with Crippen molar-refractivity contribution in [1.29, 1.82) is 0 Å². The van der Waals surface area contributed by atoms with Gasteiger partial charge in [-0.05, 0) is 56.2 Å². The molecule has 0 aliphatic carbocycles. The molecule has 0 atom stereocenters. The molecule has 1 aliphatic heterocycles. The number of benzene rings is 2. The highest BCUT2D eigenvalue weighted by Crippen LogP contribution is 2.38. The van der Waals surface area contributed by atoms with Crippen molar-refractivity contribution in [2.75, 3.05) is 50.0 Å². The van der Waals surface area contributed by atoms with Crippen molar-refractivity contribution in [2.45, 2.75) is 19.8 Å². The molecule has 1 aliphatic rings. The number of carbonyl (C=O) groups excluding carboxylic acids is 1. The Labute approximate surface area is 199 Å². The summed E-state index contributed by atoms with van der Waals surface area (Å²) >= 11 is 0. The number of amides is 1. The van der Waals surface area contributed by atoms with E-state index in [1.807, 2.05) is 37.3 Å². The van der Waals surface area contributed by atoms with Crippen molar-refractivity contribution < 1.29 is 19.0 Å². The lowest BCUT2D eigenvalue weighted by Crippen LogP contribution is -2.21. The van der Waals surface area contributed by atoms with Crippen LogP contribution in [0.25, 0.3) is 0 Å². The van der Waals surface area contributed by atoms with Crippen LogP contribution in [0.3, 0.4) is 0 Å². The molecule has 1 fully saturated rings. The normalized spacial score (nSPS) is 12.9. The van der Waals surface area contributed by atoms with E-state index in [9.17, 15) is 4.79 Å². The second kappa shape index (κ2) is 10.3. The van der Waals surface area contributed by atoms with E-state index in [2.05, 4.69) is 25.5 Å². The van der Waals surface area contributed by atoms with Crippen LogP contribution in [0, 0.1) is 6.92 Å². The Morgan fingerprint density at radius 3 is 2.09 bits per heavy atom. The number of carbonyl (C=O) groups is 1. The molecule has 0 unspecified atom stereocenters. The Morgan fingerprint density at radius 2 is 1.50 bits per heavy atom. The van der Waals surface area contributed by atoms with Crippen molar-refractivity contribution in [2.24, 2.45) is 0 Å². The highest BCUT2D eigenvalue weighted by molar-refractivity contribution is 6.05. The lowest BCUT2D eigenvalue weighted by molar-refractivity contribution is 0.102. The van der Waals surface area contributed by atoms with Crippen LogP contribution in [0.15, 0.2) is 42.5 Å². The van der Waals surface area contributed by atoms with E-state index >= 15 is 0 Å². The number of ether oxygens (including phenoxy) is 3. The van der Waals surface area contributed by atoms with E-state index < -0.39 is 0 Å². The standard InChI is InChI=1S/C25H29N5O4/c1-16-13-22(29-25(26-16)30-11-5-6-12-30)27-18-7-9-19(10-8-18)28-24(31)17-14-20(32-2)23(34-4)21(15-17)33-3/h7-10,13-15H,5-6,11-12H2,1-4H3,(H,28,31)(H,26,27,29). The molecule has 1 saturated heterocycles. The Kier molecular flexibility index (Phi) is 7.01. The summed E-state index contributed by atoms with van der Waals surface area (Å²) in [5, 5.41) is 6.22. The van der Waals surface area contributed by atoms with Gasteiger partial charge in [0.2, 0.25) is 11.7 Å². The third kappa shape index (κ3) is 5.14. The van der Waals surface area contributed by atoms with Gasteiger partial charge in [-0.2, -0.15) is 4.98 Å². The van der Waals surface area contributed by atoms with Gasteiger partial charge in [0.15, 0.2) is 11.5 Å². The predicted octanol–water partition coefficient (Wildman–Crippen LogP) is 4.41. The first-order valence-electron chi connectivity index (χ1n) is 11.1. The van der Waals surface area contributed by atoms with Gasteiger partial charge in [-0.25, -0.2) is 4.98 Å². The van der Waals surface area contributed by atoms with Crippen LogP contribution >= 0.6 is 0 Å². The van der Waals surface area contributed by atoms with Crippen LogP contribution in [0.5, 0.6) is 17.2 Å². The van der Waals surface area contributed by atoms with Gasteiger partial charge in [-0.15, -0.1) is 0 Å². The Morgan fingerprint density at radius 1 is 0.882 bits per heavy atom. The highest BCUT2D eigenvalue weighted by atomic mass is 16.5. The molecule has 0 bridgehead atoms. The summed E-state index contributed by atoms with van der Waals surface area (Å²) < 4.78 is 16.0. The predicted molar refractivity (Wildman–Crippen MR) is 132 cm³/mol. The van der Waals surface area contributed by atoms with E-state index in [4.69, 9.17) is 14.2 Å². The van der Waals surface area contributed by atoms with Gasteiger partial charge in [0.25, 0.3) is 5.91 Å². The van der Waals surface area contributed by atoms with Gasteiger partial charge in [0, 0.05) is 41.8 Å². The number of aryl methyl sites for hydroxylation is 1. The summed E-state index contributed by atoms with van der Waals surface area (Å²) in [5.74, 6) is 2.48. The first-order valence-corrected chi connectivity index (χ1v) is 11.1. The van der Waals surface area contributed by atoms with Crippen molar-refractivity contribution in [3.8, 4) is 17.2 Å². The van der Waals surface area contributed by atoms with Crippen LogP contribution in [0.2, 0.25) is 0 Å². The highest BCUT2D eigenvalue weighted by Gasteiger charge is 2.18. The number of aromatic nitrogens is 2. The van der Waals surface area contributed by atoms with Crippen molar-refractivity contribution in [3.63, 3.8) is 0 Å². The number of rotatable bonds is 8. The van der Waals surface area contributed by atoms with Crippen LogP contribution in [-0.2, 0) is 0 Å². The van der Waals surface area contributed by atoms with E-state index in [1.54, 1.807) is 12.1 Å². The zero-order chi connectivity index (χ0) is 24.1. The maximum atomic E-state index is 12.8. The molecule has 9 nitrogen and oxygen atoms in total. The van der Waals surface area contributed by atoms with E-state index in [0.29, 0.717) is 28.5 Å². The van der Waals surface area contributed by atoms with E-state index in [1.165, 1.54) is 34.2 Å². The van der Waals surface area contributed by atoms with E-state index in [-0.39, 0.29) is 5.91 Å². The van der Waals surface area contributed by atoms with Gasteiger partial charge in [-0.1, -0.05) is 0 Å². The van der Waals surface area contributed by atoms with E-state index in [0.717, 1.165) is 36.2 Å². The van der Waals surface area contributed by atoms with Crippen LogP contribution in [0.1, 0.15) is 28.9 Å². The number of nitrogens with one attached hydrogen (secondary N) is 2. The molecule has 2 N–H and O–H groups in total. The quantitative estimate of drug-likeness (QED) is 0.507. The molecule has 0 saturated carbocycles. The minimum Gasteiger partial charge on any atom is -0.493 e. The molecule has 178 valence electrons. The molecular formula is C25H29N5O4. The summed E-state index contributed by atoms with van der Waals surface area (Å²) in [5.41, 5.74) is 2.81. The first kappa shape index (κ1) is 23.2. The number of hydrogen-bond acceptors (Lipinski definition) is 8. The minimum absolute atomic E-state index is 0.290. The SMILES string of the molecule is COc1cc(C(=O)Nc2ccc(Nc3cc(C)nc(N4CCCC4)n3)cc2)cc(OC)c1OC. The van der Waals surface area contributed by atoms with Crippen molar-refractivity contribution >= 4 is 29.0 Å². The molecule has 2 heterocycles. The molecule has 1 aromatic heterocycles. The fraction of sp³-hybridized carbons (Fsp3) is 0.320. The number of methoxy groups -OCH3 is 3. The van der Waals surface area contributed by atoms with Crippen LogP contribution in [0.4, 0.5) is 23.1 Å². The smallest absolute Gasteiger partial charge is 0.255 e. The fourth-order valence-electron chi connectivity index (χ4n) is 3.88. The molecule has 4 rings (SSSR count). The Hall–Kier alpha value is -4.01. The second-order valence-electron chi connectivity index (χ2n) is 7.96. The molecule has 3 aromatic rings. The first-order chi connectivity index (χ1) is 16.5. The molecule has 0 spiro atoms. The fourth-order valence-corrected chi connectivity index (χ4v) is 3.88. The molecular weight excluding hydrogens is 434 g/mol. The zero-order valence-corrected chi connectivity index (χ0v) is 19.8. The van der Waals surface area contributed by atoms with Crippen molar-refractivity contribution in [1.82, 2.24) is 9.97 Å². The third-order valence-corrected chi connectivity index (χ3v) is 5.57. The Balaban J connectivity index is 1.46. The molecule has 9 heteroatoms. The monoisotopic (exact) mass is 463 g/mol. The zero-order valence-electron chi connectivity index (χ0n) is 19.8. The van der Waals surface area contributed by atoms with Crippen LogP contribution < -0.4 is 29.7 Å².